The zero-order chi connectivity index (χ0) is 29.9. The lowest BCUT2D eigenvalue weighted by Crippen LogP contribution is -2.48. The van der Waals surface area contributed by atoms with Gasteiger partial charge >= 0.3 is 11.8 Å². The SMILES string of the molecule is COc1c(N2C[C@@H]3CCCN(CC(O)Cn4c([N+](=O)[O-])cnc4C)[C@@H]3C2)c(F)cc2c(=O)c(C(=O)O)cn(C3CC3)c12. The summed E-state index contributed by atoms with van der Waals surface area (Å²) in [6.45, 7) is 3.71. The number of benzene rings is 1. The molecule has 3 aliphatic rings. The van der Waals surface area contributed by atoms with Crippen molar-refractivity contribution in [2.75, 3.05) is 38.2 Å². The maximum absolute atomic E-state index is 15.9. The van der Waals surface area contributed by atoms with Crippen LogP contribution in [-0.2, 0) is 6.54 Å². The smallest absolute Gasteiger partial charge is 0.342 e. The lowest BCUT2D eigenvalue weighted by Gasteiger charge is -2.37. The topological polar surface area (TPSA) is 156 Å². The van der Waals surface area contributed by atoms with Crippen LogP contribution in [0.4, 0.5) is 15.9 Å². The van der Waals surface area contributed by atoms with Crippen LogP contribution in [0.3, 0.4) is 0 Å². The zero-order valence-electron chi connectivity index (χ0n) is 23.4. The summed E-state index contributed by atoms with van der Waals surface area (Å²) in [4.78, 5) is 43.8. The number of aliphatic hydroxyl groups excluding tert-OH is 1. The maximum atomic E-state index is 15.9. The number of carboxylic acids is 1. The molecule has 2 saturated heterocycles. The van der Waals surface area contributed by atoms with Gasteiger partial charge in [0.2, 0.25) is 5.43 Å². The largest absolute Gasteiger partial charge is 0.492 e. The predicted molar refractivity (Wildman–Crippen MR) is 150 cm³/mol. The molecule has 224 valence electrons. The Kier molecular flexibility index (Phi) is 7.13. The molecule has 14 heteroatoms. The molecule has 0 bridgehead atoms. The van der Waals surface area contributed by atoms with Crippen LogP contribution in [0, 0.1) is 28.8 Å². The first-order valence-electron chi connectivity index (χ1n) is 14.1. The van der Waals surface area contributed by atoms with E-state index in [1.165, 1.54) is 24.1 Å². The molecule has 3 aromatic rings. The second kappa shape index (κ2) is 10.7. The number of anilines is 1. The number of imidazole rings is 1. The van der Waals surface area contributed by atoms with Crippen LogP contribution >= 0.6 is 0 Å². The van der Waals surface area contributed by atoms with E-state index in [2.05, 4.69) is 9.88 Å². The average molecular weight is 585 g/mol. The monoisotopic (exact) mass is 584 g/mol. The van der Waals surface area contributed by atoms with Gasteiger partial charge in [-0.2, -0.15) is 0 Å². The highest BCUT2D eigenvalue weighted by molar-refractivity contribution is 5.97. The van der Waals surface area contributed by atoms with Gasteiger partial charge in [0, 0.05) is 44.8 Å². The Bertz CT molecular complexity index is 1630. The number of aromatic carboxylic acids is 1. The normalized spacial score (nSPS) is 21.5. The minimum Gasteiger partial charge on any atom is -0.492 e. The Morgan fingerprint density at radius 2 is 2.05 bits per heavy atom. The third kappa shape index (κ3) is 4.77. The molecule has 42 heavy (non-hydrogen) atoms. The summed E-state index contributed by atoms with van der Waals surface area (Å²) in [5, 5.41) is 31.9. The van der Waals surface area contributed by atoms with E-state index in [9.17, 15) is 29.9 Å². The van der Waals surface area contributed by atoms with Gasteiger partial charge in [-0.1, -0.05) is 0 Å². The number of pyridine rings is 1. The van der Waals surface area contributed by atoms with Crippen LogP contribution in [0.1, 0.15) is 47.9 Å². The van der Waals surface area contributed by atoms with E-state index in [0.29, 0.717) is 31.0 Å². The second-order valence-electron chi connectivity index (χ2n) is 11.5. The second-order valence-corrected chi connectivity index (χ2v) is 11.5. The molecule has 2 aliphatic heterocycles. The number of carbonyl (C=O) groups is 1. The highest BCUT2D eigenvalue weighted by Crippen LogP contribution is 2.45. The molecule has 1 aliphatic carbocycles. The molecular formula is C28H33FN6O7. The lowest BCUT2D eigenvalue weighted by atomic mass is 9.92. The number of hydrogen-bond acceptors (Lipinski definition) is 9. The van der Waals surface area contributed by atoms with Crippen LogP contribution in [0.25, 0.3) is 10.9 Å². The summed E-state index contributed by atoms with van der Waals surface area (Å²) < 4.78 is 24.8. The number of piperidine rings is 1. The summed E-state index contributed by atoms with van der Waals surface area (Å²) >= 11 is 0. The van der Waals surface area contributed by atoms with Gasteiger partial charge < -0.3 is 34.5 Å². The van der Waals surface area contributed by atoms with E-state index >= 15 is 4.39 Å². The summed E-state index contributed by atoms with van der Waals surface area (Å²) in [6, 6.07) is 1.14. The molecule has 4 heterocycles. The van der Waals surface area contributed by atoms with Gasteiger partial charge in [-0.3, -0.25) is 9.69 Å². The molecule has 2 N–H and O–H groups in total. The molecule has 3 atom stereocenters. The van der Waals surface area contributed by atoms with Crippen molar-refractivity contribution in [3.8, 4) is 5.75 Å². The first-order valence-corrected chi connectivity index (χ1v) is 14.1. The number of methoxy groups -OCH3 is 1. The summed E-state index contributed by atoms with van der Waals surface area (Å²) in [6.07, 6.45) is 5.10. The van der Waals surface area contributed by atoms with Gasteiger partial charge in [-0.15, -0.1) is 0 Å². The number of rotatable bonds is 9. The fourth-order valence-corrected chi connectivity index (χ4v) is 6.77. The fraction of sp³-hybridized carbons (Fsp3) is 0.536. The predicted octanol–water partition coefficient (Wildman–Crippen LogP) is 2.56. The highest BCUT2D eigenvalue weighted by Gasteiger charge is 2.42. The molecule has 6 rings (SSSR count). The molecule has 0 spiro atoms. The minimum atomic E-state index is -1.36. The standard InChI is InChI=1S/C28H33FN6O7/c1-15-30-9-23(35(40)41)33(15)12-18(36)11-31-7-3-4-16-10-32(14-22(16)31)25-21(29)8-19-24(27(25)42-2)34(17-5-6-17)13-20(26(19)37)28(38)39/h8-9,13,16-18,22,36H,3-7,10-12,14H2,1-2H3,(H,38,39)/t16-,18?,22+/m0/s1. The number of nitrogens with zero attached hydrogens (tertiary/aromatic N) is 6. The number of aryl methyl sites for hydroxylation is 1. The molecule has 1 saturated carbocycles. The number of β-amino-alcohol motifs (C(OH)–C–C–N with tert-alkyl or cyclic N) is 1. The molecule has 2 aromatic heterocycles. The van der Waals surface area contributed by atoms with Crippen molar-refractivity contribution in [1.29, 1.82) is 0 Å². The van der Waals surface area contributed by atoms with E-state index < -0.39 is 33.8 Å². The van der Waals surface area contributed by atoms with Gasteiger partial charge in [0.25, 0.3) is 0 Å². The molecule has 13 nitrogen and oxygen atoms in total. The number of halogens is 1. The number of aromatic nitrogens is 3. The third-order valence-corrected chi connectivity index (χ3v) is 8.84. The third-order valence-electron chi connectivity index (χ3n) is 8.84. The highest BCUT2D eigenvalue weighted by atomic mass is 19.1. The fourth-order valence-electron chi connectivity index (χ4n) is 6.77. The molecule has 1 aromatic carbocycles. The molecule has 3 fully saturated rings. The van der Waals surface area contributed by atoms with Crippen molar-refractivity contribution in [1.82, 2.24) is 19.0 Å². The van der Waals surface area contributed by atoms with Crippen molar-refractivity contribution in [2.24, 2.45) is 5.92 Å². The molecule has 0 amide bonds. The number of carboxylic acid groups (broad SMARTS) is 1. The van der Waals surface area contributed by atoms with Crippen molar-refractivity contribution in [3.05, 3.63) is 56.0 Å². The van der Waals surface area contributed by atoms with E-state index in [1.807, 2.05) is 4.90 Å². The van der Waals surface area contributed by atoms with Crippen molar-refractivity contribution in [3.63, 3.8) is 0 Å². The Morgan fingerprint density at radius 1 is 1.29 bits per heavy atom. The number of fused-ring (bicyclic) bond motifs is 2. The quantitative estimate of drug-likeness (QED) is 0.283. The van der Waals surface area contributed by atoms with E-state index in [1.54, 1.807) is 11.5 Å². The van der Waals surface area contributed by atoms with Crippen LogP contribution in [-0.4, -0.2) is 85.6 Å². The Morgan fingerprint density at radius 3 is 2.71 bits per heavy atom. The number of nitro groups is 1. The van der Waals surface area contributed by atoms with E-state index in [0.717, 1.165) is 38.3 Å². The van der Waals surface area contributed by atoms with Gasteiger partial charge in [-0.25, -0.2) is 18.7 Å². The molecule has 1 unspecified atom stereocenters. The first-order chi connectivity index (χ1) is 20.1. The lowest BCUT2D eigenvalue weighted by molar-refractivity contribution is -0.392. The molecule has 0 radical (unpaired) electrons. The van der Waals surface area contributed by atoms with Crippen LogP contribution in [0.5, 0.6) is 5.75 Å². The van der Waals surface area contributed by atoms with Gasteiger partial charge in [0.1, 0.15) is 30.1 Å². The summed E-state index contributed by atoms with van der Waals surface area (Å²) in [7, 11) is 1.42. The van der Waals surface area contributed by atoms with Gasteiger partial charge in [0.05, 0.1) is 18.0 Å². The first kappa shape index (κ1) is 28.1. The van der Waals surface area contributed by atoms with Crippen molar-refractivity contribution in [2.45, 2.75) is 57.3 Å². The minimum absolute atomic E-state index is 0.00602. The van der Waals surface area contributed by atoms with E-state index in [-0.39, 0.29) is 47.2 Å². The number of aliphatic hydroxyl groups is 1. The maximum Gasteiger partial charge on any atom is 0.342 e. The van der Waals surface area contributed by atoms with Crippen LogP contribution < -0.4 is 15.1 Å². The van der Waals surface area contributed by atoms with Gasteiger partial charge in [-0.05, 0) is 49.1 Å². The Balaban J connectivity index is 1.30. The van der Waals surface area contributed by atoms with Crippen molar-refractivity contribution < 1.29 is 29.1 Å². The summed E-state index contributed by atoms with van der Waals surface area (Å²) in [5.74, 6) is -1.34. The van der Waals surface area contributed by atoms with Gasteiger partial charge in [0.15, 0.2) is 17.4 Å². The number of likely N-dealkylation sites (tertiary alicyclic amines) is 1. The van der Waals surface area contributed by atoms with Crippen molar-refractivity contribution >= 4 is 28.4 Å². The molecular weight excluding hydrogens is 551 g/mol. The Labute approximate surface area is 239 Å². The van der Waals surface area contributed by atoms with Crippen LogP contribution in [0.15, 0.2) is 23.3 Å². The number of hydrogen-bond donors (Lipinski definition) is 2. The average Bonchev–Trinajstić information content (AvgIpc) is 3.59. The zero-order valence-corrected chi connectivity index (χ0v) is 23.4. The Hall–Kier alpha value is -4.04. The van der Waals surface area contributed by atoms with E-state index in [4.69, 9.17) is 4.74 Å². The number of ether oxygens (including phenoxy) is 1. The van der Waals surface area contributed by atoms with Crippen LogP contribution in [0.2, 0.25) is 0 Å². The summed E-state index contributed by atoms with van der Waals surface area (Å²) in [5.41, 5.74) is -0.518.